The first kappa shape index (κ1) is 16.6. The first-order valence-corrected chi connectivity index (χ1v) is 9.81. The van der Waals surface area contributed by atoms with Crippen LogP contribution in [0.1, 0.15) is 20.9 Å². The molecule has 0 aliphatic carbocycles. The number of aromatic nitrogens is 2. The van der Waals surface area contributed by atoms with Crippen molar-refractivity contribution in [3.63, 3.8) is 0 Å². The Labute approximate surface area is 159 Å². The summed E-state index contributed by atoms with van der Waals surface area (Å²) in [5.74, 6) is 0.732. The lowest BCUT2D eigenvalue weighted by Crippen LogP contribution is -1.93. The average molecular weight is 377 g/mol. The molecule has 3 aromatic heterocycles. The minimum Gasteiger partial charge on any atom is -0.260 e. The predicted octanol–water partition coefficient (Wildman–Crippen LogP) is 5.68. The molecule has 0 aliphatic rings. The van der Waals surface area contributed by atoms with E-state index in [4.69, 9.17) is 0 Å². The predicted molar refractivity (Wildman–Crippen MR) is 113 cm³/mol. The molecule has 3 heterocycles. The SMILES string of the molecule is Cc1c(/C=C/c2ccccc2)sc2c(NN=Cc3cccs3)ncnc12. The zero-order valence-corrected chi connectivity index (χ0v) is 15.7. The molecule has 6 heteroatoms. The topological polar surface area (TPSA) is 50.2 Å². The number of nitrogens with one attached hydrogen (secondary N) is 1. The second kappa shape index (κ2) is 7.59. The molecule has 0 fully saturated rings. The van der Waals surface area contributed by atoms with E-state index in [1.54, 1.807) is 35.2 Å². The van der Waals surface area contributed by atoms with Gasteiger partial charge in [0, 0.05) is 9.75 Å². The van der Waals surface area contributed by atoms with Crippen LogP contribution >= 0.6 is 22.7 Å². The maximum Gasteiger partial charge on any atom is 0.167 e. The number of hydrogen-bond acceptors (Lipinski definition) is 6. The van der Waals surface area contributed by atoms with Crippen molar-refractivity contribution in [1.29, 1.82) is 0 Å². The summed E-state index contributed by atoms with van der Waals surface area (Å²) in [6, 6.07) is 14.3. The molecule has 0 atom stereocenters. The van der Waals surface area contributed by atoms with Crippen molar-refractivity contribution in [1.82, 2.24) is 9.97 Å². The van der Waals surface area contributed by atoms with Gasteiger partial charge in [0.25, 0.3) is 0 Å². The van der Waals surface area contributed by atoms with Gasteiger partial charge in [-0.15, -0.1) is 22.7 Å². The number of nitrogens with zero attached hydrogens (tertiary/aromatic N) is 3. The molecule has 4 rings (SSSR count). The molecule has 4 aromatic rings. The molecule has 0 bridgehead atoms. The molecule has 0 spiro atoms. The molecule has 0 unspecified atom stereocenters. The Morgan fingerprint density at radius 1 is 1.04 bits per heavy atom. The van der Waals surface area contributed by atoms with Crippen molar-refractivity contribution in [3.8, 4) is 0 Å². The number of hydrogen-bond donors (Lipinski definition) is 1. The van der Waals surface area contributed by atoms with Crippen LogP contribution in [0.3, 0.4) is 0 Å². The summed E-state index contributed by atoms with van der Waals surface area (Å²) >= 11 is 3.32. The smallest absolute Gasteiger partial charge is 0.167 e. The summed E-state index contributed by atoms with van der Waals surface area (Å²) in [7, 11) is 0. The molecule has 128 valence electrons. The molecule has 0 saturated heterocycles. The summed E-state index contributed by atoms with van der Waals surface area (Å²) in [5, 5.41) is 6.33. The van der Waals surface area contributed by atoms with Gasteiger partial charge in [-0.05, 0) is 35.6 Å². The lowest BCUT2D eigenvalue weighted by atomic mass is 10.2. The molecular formula is C20H16N4S2. The quantitative estimate of drug-likeness (QED) is 0.360. The van der Waals surface area contributed by atoms with Gasteiger partial charge in [-0.3, -0.25) is 5.43 Å². The van der Waals surface area contributed by atoms with Crippen molar-refractivity contribution < 1.29 is 0 Å². The lowest BCUT2D eigenvalue weighted by molar-refractivity contribution is 1.18. The van der Waals surface area contributed by atoms with E-state index in [0.29, 0.717) is 0 Å². The third-order valence-corrected chi connectivity index (χ3v) is 5.93. The fourth-order valence-corrected chi connectivity index (χ4v) is 4.23. The highest BCUT2D eigenvalue weighted by atomic mass is 32.1. The van der Waals surface area contributed by atoms with E-state index in [9.17, 15) is 0 Å². The highest BCUT2D eigenvalue weighted by Gasteiger charge is 2.12. The molecule has 0 aliphatic heterocycles. The van der Waals surface area contributed by atoms with Crippen LogP contribution in [0.15, 0.2) is 59.3 Å². The Bertz CT molecular complexity index is 1060. The minimum atomic E-state index is 0.732. The maximum absolute atomic E-state index is 4.45. The second-order valence-corrected chi connectivity index (χ2v) is 7.65. The van der Waals surface area contributed by atoms with E-state index in [1.165, 1.54) is 10.4 Å². The van der Waals surface area contributed by atoms with Gasteiger partial charge in [0.05, 0.1) is 16.4 Å². The molecule has 0 radical (unpaired) electrons. The Balaban J connectivity index is 1.63. The minimum absolute atomic E-state index is 0.732. The van der Waals surface area contributed by atoms with Crippen molar-refractivity contribution in [2.24, 2.45) is 5.10 Å². The molecule has 0 saturated carbocycles. The Kier molecular flexibility index (Phi) is 4.86. The number of hydrazone groups is 1. The van der Waals surface area contributed by atoms with Gasteiger partial charge >= 0.3 is 0 Å². The maximum atomic E-state index is 4.45. The number of aryl methyl sites for hydroxylation is 1. The van der Waals surface area contributed by atoms with Crippen LogP contribution in [0.2, 0.25) is 0 Å². The van der Waals surface area contributed by atoms with E-state index >= 15 is 0 Å². The van der Waals surface area contributed by atoms with Gasteiger partial charge in [-0.2, -0.15) is 5.10 Å². The van der Waals surface area contributed by atoms with Crippen LogP contribution in [-0.4, -0.2) is 16.2 Å². The molecule has 26 heavy (non-hydrogen) atoms. The number of fused-ring (bicyclic) bond motifs is 1. The van der Waals surface area contributed by atoms with E-state index in [1.807, 2.05) is 35.7 Å². The third kappa shape index (κ3) is 3.56. The number of benzene rings is 1. The molecule has 4 nitrogen and oxygen atoms in total. The van der Waals surface area contributed by atoms with Crippen LogP contribution in [0.25, 0.3) is 22.4 Å². The van der Waals surface area contributed by atoms with Crippen LogP contribution in [0.5, 0.6) is 0 Å². The molecule has 1 aromatic carbocycles. The fraction of sp³-hybridized carbons (Fsp3) is 0.0500. The van der Waals surface area contributed by atoms with Gasteiger partial charge in [-0.25, -0.2) is 9.97 Å². The summed E-state index contributed by atoms with van der Waals surface area (Å²) < 4.78 is 1.01. The largest absolute Gasteiger partial charge is 0.260 e. The zero-order chi connectivity index (χ0) is 17.8. The number of thiophene rings is 2. The van der Waals surface area contributed by atoms with Crippen LogP contribution in [0.4, 0.5) is 5.82 Å². The van der Waals surface area contributed by atoms with Crippen LogP contribution in [-0.2, 0) is 0 Å². The molecular weight excluding hydrogens is 360 g/mol. The third-order valence-electron chi connectivity index (χ3n) is 3.87. The highest BCUT2D eigenvalue weighted by molar-refractivity contribution is 7.20. The van der Waals surface area contributed by atoms with Gasteiger partial charge in [0.2, 0.25) is 0 Å². The fourth-order valence-electron chi connectivity index (χ4n) is 2.54. The van der Waals surface area contributed by atoms with E-state index in [2.05, 4.69) is 51.7 Å². The first-order chi connectivity index (χ1) is 12.8. The van der Waals surface area contributed by atoms with E-state index in [-0.39, 0.29) is 0 Å². The number of anilines is 1. The summed E-state index contributed by atoms with van der Waals surface area (Å²) in [4.78, 5) is 11.1. The van der Waals surface area contributed by atoms with Gasteiger partial charge in [0.15, 0.2) is 5.82 Å². The summed E-state index contributed by atoms with van der Waals surface area (Å²) in [6.45, 7) is 2.09. The average Bonchev–Trinajstić information content (AvgIpc) is 3.30. The normalized spacial score (nSPS) is 11.7. The summed E-state index contributed by atoms with van der Waals surface area (Å²) in [5.41, 5.74) is 6.35. The van der Waals surface area contributed by atoms with Gasteiger partial charge in [-0.1, -0.05) is 42.5 Å². The summed E-state index contributed by atoms with van der Waals surface area (Å²) in [6.07, 6.45) is 7.63. The lowest BCUT2D eigenvalue weighted by Gasteiger charge is -1.99. The van der Waals surface area contributed by atoms with E-state index < -0.39 is 0 Å². The molecule has 0 amide bonds. The van der Waals surface area contributed by atoms with Crippen molar-refractivity contribution in [2.75, 3.05) is 5.43 Å². The van der Waals surface area contributed by atoms with E-state index in [0.717, 1.165) is 26.5 Å². The molecule has 1 N–H and O–H groups in total. The van der Waals surface area contributed by atoms with Gasteiger partial charge < -0.3 is 0 Å². The zero-order valence-electron chi connectivity index (χ0n) is 14.1. The highest BCUT2D eigenvalue weighted by Crippen LogP contribution is 2.34. The Morgan fingerprint density at radius 3 is 2.73 bits per heavy atom. The van der Waals surface area contributed by atoms with Gasteiger partial charge in [0.1, 0.15) is 6.33 Å². The van der Waals surface area contributed by atoms with Crippen molar-refractivity contribution in [2.45, 2.75) is 6.92 Å². The Hall–Kier alpha value is -2.83. The number of rotatable bonds is 5. The first-order valence-electron chi connectivity index (χ1n) is 8.11. The monoisotopic (exact) mass is 376 g/mol. The second-order valence-electron chi connectivity index (χ2n) is 5.62. The van der Waals surface area contributed by atoms with Crippen molar-refractivity contribution in [3.05, 3.63) is 75.1 Å². The standard InChI is InChI=1S/C20H16N4S2/c1-14-17(10-9-15-6-3-2-4-7-15)26-19-18(14)21-13-22-20(19)24-23-12-16-8-5-11-25-16/h2-13H,1H3,(H,21,22,24)/b10-9+,23-12?. The van der Waals surface area contributed by atoms with Crippen LogP contribution in [0, 0.1) is 6.92 Å². The Morgan fingerprint density at radius 2 is 1.92 bits per heavy atom. The van der Waals surface area contributed by atoms with Crippen LogP contribution < -0.4 is 5.43 Å². The van der Waals surface area contributed by atoms with Crippen molar-refractivity contribution >= 4 is 57.1 Å².